The van der Waals surface area contributed by atoms with E-state index in [0.29, 0.717) is 30.0 Å². The van der Waals surface area contributed by atoms with Crippen LogP contribution in [0.2, 0.25) is 0 Å². The molecule has 1 saturated heterocycles. The molecule has 3 aromatic rings. The van der Waals surface area contributed by atoms with Gasteiger partial charge in [0.15, 0.2) is 0 Å². The molecule has 4 rings (SSSR count). The Balaban J connectivity index is 1.39. The quantitative estimate of drug-likeness (QED) is 0.701. The molecule has 0 N–H and O–H groups in total. The number of nitrogens with zero attached hydrogens (tertiary/aromatic N) is 4. The fraction of sp³-hybridized carbons (Fsp3) is 0.318. The molecular weight excluding hydrogens is 352 g/mol. The van der Waals surface area contributed by atoms with Crippen molar-refractivity contribution in [2.45, 2.75) is 19.5 Å². The highest BCUT2D eigenvalue weighted by molar-refractivity contribution is 5.79. The first-order valence-corrected chi connectivity index (χ1v) is 9.64. The highest BCUT2D eigenvalue weighted by Gasteiger charge is 2.25. The minimum atomic E-state index is -0.171. The molecule has 1 aliphatic rings. The highest BCUT2D eigenvalue weighted by Crippen LogP contribution is 2.21. The standard InChI is InChI=1S/C22H24N4O2/c1-17(18-7-3-2-4-8-18)24-11-13-25(14-12-24)21(27)15-26-16-23-20-10-6-5-9-19(20)22(26)28/h2-10,16-17H,11-15H2,1H3. The third-order valence-electron chi connectivity index (χ3n) is 5.53. The van der Waals surface area contributed by atoms with E-state index in [-0.39, 0.29) is 18.0 Å². The monoisotopic (exact) mass is 376 g/mol. The molecule has 0 bridgehead atoms. The lowest BCUT2D eigenvalue weighted by Crippen LogP contribution is -2.50. The lowest BCUT2D eigenvalue weighted by atomic mass is 10.1. The first kappa shape index (κ1) is 18.4. The normalized spacial score (nSPS) is 16.2. The van der Waals surface area contributed by atoms with Crippen molar-refractivity contribution in [2.75, 3.05) is 26.2 Å². The zero-order valence-corrected chi connectivity index (χ0v) is 16.0. The van der Waals surface area contributed by atoms with Crippen molar-refractivity contribution in [1.82, 2.24) is 19.4 Å². The molecular formula is C22H24N4O2. The van der Waals surface area contributed by atoms with E-state index in [0.717, 1.165) is 13.1 Å². The van der Waals surface area contributed by atoms with E-state index in [9.17, 15) is 9.59 Å². The molecule has 1 unspecified atom stereocenters. The summed E-state index contributed by atoms with van der Waals surface area (Å²) in [5.41, 5.74) is 1.77. The van der Waals surface area contributed by atoms with E-state index in [1.165, 1.54) is 16.5 Å². The van der Waals surface area contributed by atoms with Crippen molar-refractivity contribution >= 4 is 16.8 Å². The summed E-state index contributed by atoms with van der Waals surface area (Å²) in [7, 11) is 0. The summed E-state index contributed by atoms with van der Waals surface area (Å²) < 4.78 is 1.41. The van der Waals surface area contributed by atoms with Crippen LogP contribution < -0.4 is 5.56 Å². The second kappa shape index (κ2) is 7.94. The summed E-state index contributed by atoms with van der Waals surface area (Å²) in [5, 5.41) is 0.541. The van der Waals surface area contributed by atoms with Crippen LogP contribution in [0.3, 0.4) is 0 Å². The molecule has 2 heterocycles. The molecule has 0 spiro atoms. The summed E-state index contributed by atoms with van der Waals surface area (Å²) in [6, 6.07) is 17.9. The van der Waals surface area contributed by atoms with Crippen molar-refractivity contribution in [3.05, 3.63) is 76.8 Å². The summed E-state index contributed by atoms with van der Waals surface area (Å²) >= 11 is 0. The molecule has 1 fully saturated rings. The summed E-state index contributed by atoms with van der Waals surface area (Å²) in [6.07, 6.45) is 1.47. The number of amides is 1. The number of hydrogen-bond acceptors (Lipinski definition) is 4. The van der Waals surface area contributed by atoms with E-state index < -0.39 is 0 Å². The van der Waals surface area contributed by atoms with E-state index in [4.69, 9.17) is 0 Å². The van der Waals surface area contributed by atoms with E-state index >= 15 is 0 Å². The molecule has 0 saturated carbocycles. The van der Waals surface area contributed by atoms with Crippen molar-refractivity contribution in [2.24, 2.45) is 0 Å². The number of benzene rings is 2. The molecule has 0 aliphatic carbocycles. The first-order chi connectivity index (χ1) is 13.6. The third kappa shape index (κ3) is 3.68. The number of para-hydroxylation sites is 1. The minimum absolute atomic E-state index is 0.0326. The van der Waals surface area contributed by atoms with Crippen molar-refractivity contribution < 1.29 is 4.79 Å². The maximum atomic E-state index is 12.7. The molecule has 0 radical (unpaired) electrons. The molecule has 1 aliphatic heterocycles. The smallest absolute Gasteiger partial charge is 0.261 e. The van der Waals surface area contributed by atoms with Crippen LogP contribution in [0, 0.1) is 0 Å². The van der Waals surface area contributed by atoms with Crippen LogP contribution in [0.1, 0.15) is 18.5 Å². The van der Waals surface area contributed by atoms with Gasteiger partial charge in [-0.25, -0.2) is 4.98 Å². The van der Waals surface area contributed by atoms with Crippen molar-refractivity contribution in [3.8, 4) is 0 Å². The number of rotatable bonds is 4. The Morgan fingerprint density at radius 3 is 2.43 bits per heavy atom. The van der Waals surface area contributed by atoms with Gasteiger partial charge in [-0.1, -0.05) is 42.5 Å². The van der Waals surface area contributed by atoms with Crippen LogP contribution in [0.25, 0.3) is 10.9 Å². The maximum absolute atomic E-state index is 12.7. The van der Waals surface area contributed by atoms with Crippen LogP contribution >= 0.6 is 0 Å². The third-order valence-corrected chi connectivity index (χ3v) is 5.53. The minimum Gasteiger partial charge on any atom is -0.339 e. The largest absolute Gasteiger partial charge is 0.339 e. The van der Waals surface area contributed by atoms with Gasteiger partial charge in [0.05, 0.1) is 17.2 Å². The van der Waals surface area contributed by atoms with Crippen molar-refractivity contribution in [1.29, 1.82) is 0 Å². The first-order valence-electron chi connectivity index (χ1n) is 9.64. The van der Waals surface area contributed by atoms with Gasteiger partial charge < -0.3 is 4.90 Å². The van der Waals surface area contributed by atoms with Crippen LogP contribution in [-0.4, -0.2) is 51.4 Å². The van der Waals surface area contributed by atoms with Crippen LogP contribution in [0.4, 0.5) is 0 Å². The Labute approximate surface area is 164 Å². The number of hydrogen-bond donors (Lipinski definition) is 0. The lowest BCUT2D eigenvalue weighted by molar-refractivity contribution is -0.134. The molecule has 28 heavy (non-hydrogen) atoms. The Hall–Kier alpha value is -2.99. The van der Waals surface area contributed by atoms with Gasteiger partial charge in [0.2, 0.25) is 5.91 Å². The summed E-state index contributed by atoms with van der Waals surface area (Å²) in [4.78, 5) is 33.8. The number of carbonyl (C=O) groups excluding carboxylic acids is 1. The Bertz CT molecular complexity index is 1020. The van der Waals surface area contributed by atoms with Crippen LogP contribution in [0.15, 0.2) is 65.7 Å². The van der Waals surface area contributed by atoms with Gasteiger partial charge >= 0.3 is 0 Å². The predicted octanol–water partition coefficient (Wildman–Crippen LogP) is 2.30. The second-order valence-corrected chi connectivity index (χ2v) is 7.20. The van der Waals surface area contributed by atoms with Gasteiger partial charge in [0, 0.05) is 32.2 Å². The zero-order valence-electron chi connectivity index (χ0n) is 16.0. The van der Waals surface area contributed by atoms with E-state index in [2.05, 4.69) is 41.1 Å². The van der Waals surface area contributed by atoms with Gasteiger partial charge in [-0.05, 0) is 24.6 Å². The second-order valence-electron chi connectivity index (χ2n) is 7.20. The average Bonchev–Trinajstić information content (AvgIpc) is 2.76. The molecule has 144 valence electrons. The molecule has 6 heteroatoms. The van der Waals surface area contributed by atoms with Crippen LogP contribution in [0.5, 0.6) is 0 Å². The SMILES string of the molecule is CC(c1ccccc1)N1CCN(C(=O)Cn2cnc3ccccc3c2=O)CC1. The summed E-state index contributed by atoms with van der Waals surface area (Å²) in [5.74, 6) is -0.0359. The average molecular weight is 376 g/mol. The molecule has 1 amide bonds. The topological polar surface area (TPSA) is 58.4 Å². The Morgan fingerprint density at radius 1 is 1.00 bits per heavy atom. The number of aromatic nitrogens is 2. The van der Waals surface area contributed by atoms with Crippen molar-refractivity contribution in [3.63, 3.8) is 0 Å². The van der Waals surface area contributed by atoms with Crippen LogP contribution in [-0.2, 0) is 11.3 Å². The van der Waals surface area contributed by atoms with E-state index in [1.807, 2.05) is 23.1 Å². The predicted molar refractivity (Wildman–Crippen MR) is 109 cm³/mol. The Morgan fingerprint density at radius 2 is 1.68 bits per heavy atom. The summed E-state index contributed by atoms with van der Waals surface area (Å²) in [6.45, 7) is 5.23. The zero-order chi connectivity index (χ0) is 19.5. The van der Waals surface area contributed by atoms with E-state index in [1.54, 1.807) is 12.1 Å². The number of fused-ring (bicyclic) bond motifs is 1. The molecule has 1 atom stereocenters. The fourth-order valence-electron chi connectivity index (χ4n) is 3.77. The fourth-order valence-corrected chi connectivity index (χ4v) is 3.77. The maximum Gasteiger partial charge on any atom is 0.261 e. The van der Waals surface area contributed by atoms with Gasteiger partial charge in [0.1, 0.15) is 6.54 Å². The Kier molecular flexibility index (Phi) is 5.21. The van der Waals surface area contributed by atoms with Gasteiger partial charge in [0.25, 0.3) is 5.56 Å². The lowest BCUT2D eigenvalue weighted by Gasteiger charge is -2.38. The number of piperazine rings is 1. The highest BCUT2D eigenvalue weighted by atomic mass is 16.2. The molecule has 1 aromatic heterocycles. The van der Waals surface area contributed by atoms with Gasteiger partial charge in [-0.15, -0.1) is 0 Å². The molecule has 6 nitrogen and oxygen atoms in total. The number of carbonyl (C=O) groups is 1. The van der Waals surface area contributed by atoms with Gasteiger partial charge in [-0.3, -0.25) is 19.1 Å². The molecule has 2 aromatic carbocycles. The van der Waals surface area contributed by atoms with Gasteiger partial charge in [-0.2, -0.15) is 0 Å².